The molecule has 0 saturated heterocycles. The van der Waals surface area contributed by atoms with E-state index in [1.54, 1.807) is 0 Å². The van der Waals surface area contributed by atoms with Gasteiger partial charge >= 0.3 is 11.6 Å². The van der Waals surface area contributed by atoms with E-state index >= 15 is 0 Å². The standard InChI is InChI=1S/C9H7N6O6/c1-11-5-12(10-9(11)15(20)21)7-3-2-6(13(16)17)4-8(7)14(18)19/h2-5H,1H3/q+1. The van der Waals surface area contributed by atoms with Gasteiger partial charge in [0.1, 0.15) is 0 Å². The molecule has 108 valence electrons. The summed E-state index contributed by atoms with van der Waals surface area (Å²) in [6.45, 7) is 0. The molecule has 2 rings (SSSR count). The zero-order valence-corrected chi connectivity index (χ0v) is 10.4. The third-order valence-electron chi connectivity index (χ3n) is 2.57. The zero-order valence-electron chi connectivity index (χ0n) is 10.4. The first-order valence-electron chi connectivity index (χ1n) is 5.34. The van der Waals surface area contributed by atoms with Gasteiger partial charge in [-0.2, -0.15) is 4.57 Å². The Balaban J connectivity index is 2.63. The number of nitro benzene ring substituents is 2. The average molecular weight is 295 g/mol. The van der Waals surface area contributed by atoms with Gasteiger partial charge < -0.3 is 10.1 Å². The molecular formula is C9H7N6O6+. The van der Waals surface area contributed by atoms with Crippen molar-refractivity contribution in [2.75, 3.05) is 0 Å². The minimum Gasteiger partial charge on any atom is -0.355 e. The fraction of sp³-hybridized carbons (Fsp3) is 0.111. The summed E-state index contributed by atoms with van der Waals surface area (Å²) < 4.78 is 1.98. The number of hydrogen-bond acceptors (Lipinski definition) is 7. The third-order valence-corrected chi connectivity index (χ3v) is 2.57. The zero-order chi connectivity index (χ0) is 15.7. The SMILES string of the molecule is C[n+]1cn(-c2ccc([N+](=O)[O-])cc2[N+](=O)[O-])nc1[N+](=O)[O-]. The second-order valence-corrected chi connectivity index (χ2v) is 3.92. The monoisotopic (exact) mass is 295 g/mol. The molecule has 0 aliphatic rings. The van der Waals surface area contributed by atoms with Crippen LogP contribution < -0.4 is 4.57 Å². The van der Waals surface area contributed by atoms with Gasteiger partial charge in [0, 0.05) is 21.7 Å². The number of aromatic nitrogens is 3. The topological polar surface area (TPSA) is 151 Å². The van der Waals surface area contributed by atoms with E-state index in [-0.39, 0.29) is 5.69 Å². The summed E-state index contributed by atoms with van der Waals surface area (Å²) in [5.74, 6) is -0.525. The number of non-ortho nitro benzene ring substituents is 1. The van der Waals surface area contributed by atoms with Crippen molar-refractivity contribution in [3.05, 3.63) is 54.9 Å². The minimum absolute atomic E-state index is 0.116. The number of aryl methyl sites for hydroxylation is 1. The summed E-state index contributed by atoms with van der Waals surface area (Å²) in [6, 6.07) is 2.92. The molecule has 0 bridgehead atoms. The van der Waals surface area contributed by atoms with Crippen LogP contribution in [0.15, 0.2) is 24.5 Å². The minimum atomic E-state index is -0.824. The van der Waals surface area contributed by atoms with Gasteiger partial charge in [0.25, 0.3) is 17.7 Å². The van der Waals surface area contributed by atoms with Crippen LogP contribution in [0.3, 0.4) is 0 Å². The summed E-state index contributed by atoms with van der Waals surface area (Å²) >= 11 is 0. The number of nitrogens with zero attached hydrogens (tertiary/aromatic N) is 6. The Morgan fingerprint density at radius 2 is 1.76 bits per heavy atom. The number of rotatable bonds is 4. The molecule has 1 aromatic heterocycles. The summed E-state index contributed by atoms with van der Waals surface area (Å²) in [5.41, 5.74) is -1.16. The molecule has 0 aliphatic heterocycles. The summed E-state index contributed by atoms with van der Waals surface area (Å²) in [7, 11) is 1.35. The fourth-order valence-electron chi connectivity index (χ4n) is 1.66. The Labute approximate surface area is 115 Å². The van der Waals surface area contributed by atoms with Crippen LogP contribution in [0.5, 0.6) is 0 Å². The van der Waals surface area contributed by atoms with Gasteiger partial charge in [0.2, 0.25) is 5.10 Å². The van der Waals surface area contributed by atoms with E-state index in [9.17, 15) is 30.3 Å². The number of hydrogen-bond donors (Lipinski definition) is 0. The van der Waals surface area contributed by atoms with Gasteiger partial charge in [-0.3, -0.25) is 20.2 Å². The average Bonchev–Trinajstić information content (AvgIpc) is 2.80. The van der Waals surface area contributed by atoms with Crippen LogP contribution in [0, 0.1) is 30.3 Å². The Morgan fingerprint density at radius 1 is 1.10 bits per heavy atom. The predicted octanol–water partition coefficient (Wildman–Crippen LogP) is 0.421. The van der Waals surface area contributed by atoms with Crippen LogP contribution in [0.25, 0.3) is 5.69 Å². The van der Waals surface area contributed by atoms with Gasteiger partial charge in [0.15, 0.2) is 0 Å². The lowest BCUT2D eigenvalue weighted by atomic mass is 10.2. The van der Waals surface area contributed by atoms with Crippen molar-refractivity contribution in [1.82, 2.24) is 9.78 Å². The molecule has 21 heavy (non-hydrogen) atoms. The maximum Gasteiger partial charge on any atom is 0.577 e. The Kier molecular flexibility index (Phi) is 3.27. The largest absolute Gasteiger partial charge is 0.577 e. The summed E-state index contributed by atoms with van der Waals surface area (Å²) in [6.07, 6.45) is 1.16. The van der Waals surface area contributed by atoms with Crippen molar-refractivity contribution in [2.45, 2.75) is 0 Å². The predicted molar refractivity (Wildman–Crippen MR) is 64.7 cm³/mol. The first-order valence-corrected chi connectivity index (χ1v) is 5.34. The molecule has 0 saturated carbocycles. The molecule has 12 heteroatoms. The molecule has 2 aromatic rings. The van der Waals surface area contributed by atoms with E-state index in [0.717, 1.165) is 33.8 Å². The highest BCUT2D eigenvalue weighted by atomic mass is 16.6. The van der Waals surface area contributed by atoms with E-state index in [2.05, 4.69) is 5.10 Å². The highest BCUT2D eigenvalue weighted by molar-refractivity contribution is 5.57. The smallest absolute Gasteiger partial charge is 0.355 e. The maximum absolute atomic E-state index is 11.0. The summed E-state index contributed by atoms with van der Waals surface area (Å²) in [5, 5.41) is 36.0. The molecule has 0 N–H and O–H groups in total. The molecule has 0 amide bonds. The van der Waals surface area contributed by atoms with Crippen LogP contribution in [0.4, 0.5) is 17.3 Å². The van der Waals surface area contributed by atoms with Crippen molar-refractivity contribution in [2.24, 2.45) is 7.05 Å². The highest BCUT2D eigenvalue weighted by Gasteiger charge is 2.32. The second kappa shape index (κ2) is 4.92. The van der Waals surface area contributed by atoms with E-state index in [1.165, 1.54) is 7.05 Å². The van der Waals surface area contributed by atoms with Gasteiger partial charge in [-0.05, 0) is 0 Å². The van der Waals surface area contributed by atoms with Crippen LogP contribution >= 0.6 is 0 Å². The van der Waals surface area contributed by atoms with Crippen molar-refractivity contribution in [3.63, 3.8) is 0 Å². The van der Waals surface area contributed by atoms with Crippen molar-refractivity contribution >= 4 is 17.3 Å². The highest BCUT2D eigenvalue weighted by Crippen LogP contribution is 2.27. The van der Waals surface area contributed by atoms with Crippen molar-refractivity contribution < 1.29 is 19.3 Å². The molecule has 0 radical (unpaired) electrons. The number of nitro groups is 3. The van der Waals surface area contributed by atoms with Gasteiger partial charge in [-0.1, -0.05) is 0 Å². The first kappa shape index (κ1) is 14.0. The normalized spacial score (nSPS) is 10.3. The van der Waals surface area contributed by atoms with Crippen molar-refractivity contribution in [1.29, 1.82) is 0 Å². The van der Waals surface area contributed by atoms with Crippen LogP contribution in [0.1, 0.15) is 0 Å². The van der Waals surface area contributed by atoms with Crippen molar-refractivity contribution in [3.8, 4) is 5.69 Å². The van der Waals surface area contributed by atoms with Crippen LogP contribution in [0.2, 0.25) is 0 Å². The number of benzene rings is 1. The lowest BCUT2D eigenvalue weighted by molar-refractivity contribution is -0.716. The molecule has 0 aliphatic carbocycles. The van der Waals surface area contributed by atoms with E-state index < -0.39 is 32.1 Å². The second-order valence-electron chi connectivity index (χ2n) is 3.92. The molecule has 0 spiro atoms. The molecular weight excluding hydrogens is 288 g/mol. The molecule has 0 fully saturated rings. The molecule has 12 nitrogen and oxygen atoms in total. The van der Waals surface area contributed by atoms with Crippen LogP contribution in [-0.2, 0) is 7.05 Å². The van der Waals surface area contributed by atoms with E-state index in [1.807, 2.05) is 0 Å². The lowest BCUT2D eigenvalue weighted by Gasteiger charge is -1.95. The molecule has 1 heterocycles. The lowest BCUT2D eigenvalue weighted by Crippen LogP contribution is -2.28. The Hall–Kier alpha value is -3.44. The third kappa shape index (κ3) is 2.49. The molecule has 1 aromatic carbocycles. The quantitative estimate of drug-likeness (QED) is 0.450. The fourth-order valence-corrected chi connectivity index (χ4v) is 1.66. The Bertz CT molecular complexity index is 768. The first-order chi connectivity index (χ1) is 9.81. The molecule has 0 atom stereocenters. The maximum atomic E-state index is 11.0. The van der Waals surface area contributed by atoms with Gasteiger partial charge in [-0.25, -0.2) is 0 Å². The molecule has 0 unspecified atom stereocenters. The van der Waals surface area contributed by atoms with E-state index in [0.29, 0.717) is 0 Å². The van der Waals surface area contributed by atoms with Gasteiger partial charge in [0.05, 0.1) is 23.0 Å². The van der Waals surface area contributed by atoms with E-state index in [4.69, 9.17) is 0 Å². The Morgan fingerprint density at radius 3 is 2.24 bits per heavy atom. The van der Waals surface area contributed by atoms with Crippen LogP contribution in [-0.4, -0.2) is 24.6 Å². The van der Waals surface area contributed by atoms with Gasteiger partial charge in [-0.15, -0.1) is 0 Å². The summed E-state index contributed by atoms with van der Waals surface area (Å²) in [4.78, 5) is 30.0.